The van der Waals surface area contributed by atoms with Crippen LogP contribution in [0.4, 0.5) is 0 Å². The molecule has 0 unspecified atom stereocenters. The molecule has 1 amide bonds. The van der Waals surface area contributed by atoms with Crippen molar-refractivity contribution in [3.63, 3.8) is 0 Å². The summed E-state index contributed by atoms with van der Waals surface area (Å²) in [5.74, 6) is -0.524. The summed E-state index contributed by atoms with van der Waals surface area (Å²) >= 11 is 0. The fraction of sp³-hybridized carbons (Fsp3) is 0.407. The van der Waals surface area contributed by atoms with Crippen molar-refractivity contribution < 1.29 is 19.2 Å². The van der Waals surface area contributed by atoms with Gasteiger partial charge in [0.25, 0.3) is 0 Å². The average molecular weight is 445 g/mol. The molecule has 2 saturated heterocycles. The van der Waals surface area contributed by atoms with Gasteiger partial charge in [-0.15, -0.1) is 0 Å². The van der Waals surface area contributed by atoms with Gasteiger partial charge >= 0.3 is 5.97 Å². The van der Waals surface area contributed by atoms with Gasteiger partial charge in [-0.25, -0.2) is 0 Å². The number of nitrogens with zero attached hydrogens (tertiary/aromatic N) is 2. The van der Waals surface area contributed by atoms with E-state index in [0.29, 0.717) is 19.4 Å². The molecule has 3 aliphatic rings. The van der Waals surface area contributed by atoms with Gasteiger partial charge in [0.2, 0.25) is 5.91 Å². The first-order chi connectivity index (χ1) is 16.1. The van der Waals surface area contributed by atoms with E-state index >= 15 is 0 Å². The number of fused-ring (bicyclic) bond motifs is 5. The van der Waals surface area contributed by atoms with E-state index in [9.17, 15) is 9.59 Å². The number of carbonyl (C=O) groups excluding carboxylic acids is 2. The Morgan fingerprint density at radius 3 is 2.73 bits per heavy atom. The minimum atomic E-state index is -1.14. The second-order valence-corrected chi connectivity index (χ2v) is 9.57. The molecule has 6 heteroatoms. The molecule has 6 rings (SSSR count). The van der Waals surface area contributed by atoms with Crippen LogP contribution in [0.5, 0.6) is 0 Å². The van der Waals surface area contributed by atoms with Gasteiger partial charge in [0.1, 0.15) is 6.61 Å². The second kappa shape index (κ2) is 7.65. The Morgan fingerprint density at radius 1 is 1.12 bits per heavy atom. The molecule has 1 aromatic heterocycles. The molecule has 33 heavy (non-hydrogen) atoms. The molecule has 170 valence electrons. The Morgan fingerprint density at radius 2 is 1.91 bits per heavy atom. The number of para-hydroxylation sites is 1. The van der Waals surface area contributed by atoms with Gasteiger partial charge in [-0.3, -0.25) is 9.59 Å². The lowest BCUT2D eigenvalue weighted by Gasteiger charge is -2.49. The van der Waals surface area contributed by atoms with E-state index in [4.69, 9.17) is 9.57 Å². The van der Waals surface area contributed by atoms with Crippen LogP contribution in [0.3, 0.4) is 0 Å². The highest BCUT2D eigenvalue weighted by molar-refractivity contribution is 6.05. The highest BCUT2D eigenvalue weighted by Crippen LogP contribution is 2.51. The number of esters is 1. The molecule has 3 heterocycles. The lowest BCUT2D eigenvalue weighted by Crippen LogP contribution is -2.62. The molecule has 0 spiro atoms. The Balaban J connectivity index is 1.46. The number of methoxy groups -OCH3 is 1. The van der Waals surface area contributed by atoms with Gasteiger partial charge in [-0.1, -0.05) is 48.5 Å². The molecule has 1 aliphatic carbocycles. The number of hydrogen-bond donors (Lipinski definition) is 0. The summed E-state index contributed by atoms with van der Waals surface area (Å²) in [6.45, 7) is 1.19. The summed E-state index contributed by atoms with van der Waals surface area (Å²) in [4.78, 5) is 35.4. The maximum Gasteiger partial charge on any atom is 0.322 e. The van der Waals surface area contributed by atoms with E-state index < -0.39 is 11.4 Å². The lowest BCUT2D eigenvalue weighted by molar-refractivity contribution is -0.174. The van der Waals surface area contributed by atoms with Crippen molar-refractivity contribution in [1.29, 1.82) is 0 Å². The van der Waals surface area contributed by atoms with Crippen molar-refractivity contribution in [1.82, 2.24) is 9.63 Å². The summed E-state index contributed by atoms with van der Waals surface area (Å²) in [7, 11) is 1.40. The maximum absolute atomic E-state index is 13.8. The van der Waals surface area contributed by atoms with Crippen LogP contribution in [0.15, 0.2) is 54.6 Å². The number of rotatable bonds is 4. The molecule has 6 nitrogen and oxygen atoms in total. The van der Waals surface area contributed by atoms with E-state index in [0.717, 1.165) is 53.5 Å². The van der Waals surface area contributed by atoms with Gasteiger partial charge in [0, 0.05) is 24.4 Å². The van der Waals surface area contributed by atoms with E-state index in [1.807, 2.05) is 46.0 Å². The Kier molecular flexibility index (Phi) is 4.71. The highest BCUT2D eigenvalue weighted by atomic mass is 16.7. The van der Waals surface area contributed by atoms with Crippen LogP contribution >= 0.6 is 0 Å². The standard InChI is InChI=1S/C27H28N2O4/c1-32-26(31)27-16-22-21-11-5-6-12-23(21)29(33-17-18-8-3-2-4-9-18)24(22)15-19(27)14-20-10-7-13-28(20)25(27)30/h2-6,8-9,11-12,19-20H,7,10,13-17H2,1H3/t19-,20+,27-/m1/s1. The zero-order valence-corrected chi connectivity index (χ0v) is 18.8. The molecular weight excluding hydrogens is 416 g/mol. The predicted molar refractivity (Wildman–Crippen MR) is 123 cm³/mol. The fourth-order valence-corrected chi connectivity index (χ4v) is 6.40. The first-order valence-corrected chi connectivity index (χ1v) is 11.8. The minimum absolute atomic E-state index is 0.0409. The number of aromatic nitrogens is 1. The van der Waals surface area contributed by atoms with Crippen molar-refractivity contribution in [2.75, 3.05) is 13.7 Å². The van der Waals surface area contributed by atoms with Crippen LogP contribution in [-0.2, 0) is 33.8 Å². The first-order valence-electron chi connectivity index (χ1n) is 11.8. The van der Waals surface area contributed by atoms with E-state index in [2.05, 4.69) is 18.2 Å². The molecular formula is C27H28N2O4. The highest BCUT2D eigenvalue weighted by Gasteiger charge is 2.62. The van der Waals surface area contributed by atoms with Gasteiger partial charge in [0.05, 0.1) is 18.3 Å². The van der Waals surface area contributed by atoms with Crippen molar-refractivity contribution >= 4 is 22.8 Å². The van der Waals surface area contributed by atoms with Crippen LogP contribution in [0.1, 0.15) is 36.1 Å². The number of piperidine rings is 1. The number of hydrogen-bond acceptors (Lipinski definition) is 4. The van der Waals surface area contributed by atoms with Gasteiger partial charge in [-0.2, -0.15) is 4.73 Å². The normalized spacial score (nSPS) is 26.0. The van der Waals surface area contributed by atoms with Crippen LogP contribution in [0, 0.1) is 11.3 Å². The Bertz CT molecular complexity index is 1230. The number of carbonyl (C=O) groups is 2. The molecule has 2 fully saturated rings. The summed E-state index contributed by atoms with van der Waals surface area (Å²) in [6.07, 6.45) is 3.84. The van der Waals surface area contributed by atoms with Crippen LogP contribution in [0.25, 0.3) is 10.9 Å². The van der Waals surface area contributed by atoms with Crippen molar-refractivity contribution in [2.24, 2.45) is 11.3 Å². The number of amides is 1. The molecule has 3 aromatic rings. The smallest absolute Gasteiger partial charge is 0.322 e. The molecule has 0 saturated carbocycles. The van der Waals surface area contributed by atoms with Crippen molar-refractivity contribution in [2.45, 2.75) is 44.8 Å². The molecule has 0 bridgehead atoms. The SMILES string of the molecule is COC(=O)[C@]12Cc3c(n(OCc4ccccc4)c4ccccc34)C[C@H]1C[C@@H]1CCCN1C2=O. The maximum atomic E-state index is 13.8. The number of benzene rings is 2. The van der Waals surface area contributed by atoms with Crippen LogP contribution in [0.2, 0.25) is 0 Å². The summed E-state index contributed by atoms with van der Waals surface area (Å²) in [5, 5.41) is 1.04. The van der Waals surface area contributed by atoms with Gasteiger partial charge < -0.3 is 14.5 Å². The zero-order valence-electron chi connectivity index (χ0n) is 18.8. The monoisotopic (exact) mass is 444 g/mol. The number of ether oxygens (including phenoxy) is 1. The predicted octanol–water partition coefficient (Wildman–Crippen LogP) is 3.54. The van der Waals surface area contributed by atoms with Crippen molar-refractivity contribution in [3.05, 3.63) is 71.4 Å². The fourth-order valence-electron chi connectivity index (χ4n) is 6.40. The third-order valence-electron chi connectivity index (χ3n) is 7.96. The Hall–Kier alpha value is -3.28. The summed E-state index contributed by atoms with van der Waals surface area (Å²) < 4.78 is 7.23. The van der Waals surface area contributed by atoms with Crippen LogP contribution in [-0.4, -0.2) is 41.2 Å². The average Bonchev–Trinajstić information content (AvgIpc) is 3.44. The summed E-state index contributed by atoms with van der Waals surface area (Å²) in [6, 6.07) is 18.5. The topological polar surface area (TPSA) is 60.8 Å². The summed E-state index contributed by atoms with van der Waals surface area (Å²) in [5.41, 5.74) is 3.04. The van der Waals surface area contributed by atoms with Gasteiger partial charge in [0.15, 0.2) is 5.41 Å². The molecule has 3 atom stereocenters. The molecule has 0 radical (unpaired) electrons. The van der Waals surface area contributed by atoms with Gasteiger partial charge in [-0.05, 0) is 48.8 Å². The quantitative estimate of drug-likeness (QED) is 0.456. The van der Waals surface area contributed by atoms with Crippen molar-refractivity contribution in [3.8, 4) is 0 Å². The van der Waals surface area contributed by atoms with E-state index in [1.54, 1.807) is 0 Å². The van der Waals surface area contributed by atoms with E-state index in [1.165, 1.54) is 7.11 Å². The van der Waals surface area contributed by atoms with Crippen LogP contribution < -0.4 is 4.84 Å². The lowest BCUT2D eigenvalue weighted by atomic mass is 9.60. The zero-order chi connectivity index (χ0) is 22.6. The molecule has 0 N–H and O–H groups in total. The third-order valence-corrected chi connectivity index (χ3v) is 7.96. The van der Waals surface area contributed by atoms with E-state index in [-0.39, 0.29) is 17.9 Å². The second-order valence-electron chi connectivity index (χ2n) is 9.57. The minimum Gasteiger partial charge on any atom is -0.468 e. The Labute approximate surface area is 193 Å². The largest absolute Gasteiger partial charge is 0.468 e. The molecule has 2 aliphatic heterocycles. The first kappa shape index (κ1) is 20.3. The third kappa shape index (κ3) is 2.93. The molecule has 2 aromatic carbocycles.